The first-order valence-corrected chi connectivity index (χ1v) is 8.32. The topological polar surface area (TPSA) is 80.9 Å². The van der Waals surface area contributed by atoms with Crippen molar-refractivity contribution in [3.63, 3.8) is 0 Å². The van der Waals surface area contributed by atoms with E-state index in [2.05, 4.69) is 15.3 Å². The third kappa shape index (κ3) is 6.44. The number of aryl methyl sites for hydroxylation is 1. The zero-order valence-corrected chi connectivity index (χ0v) is 14.2. The molecule has 0 bridgehead atoms. The van der Waals surface area contributed by atoms with E-state index in [0.29, 0.717) is 0 Å². The van der Waals surface area contributed by atoms with Gasteiger partial charge in [0, 0.05) is 23.7 Å². The van der Waals surface area contributed by atoms with Crippen LogP contribution < -0.4 is 11.1 Å². The summed E-state index contributed by atoms with van der Waals surface area (Å²) in [6.45, 7) is 7.88. The van der Waals surface area contributed by atoms with Gasteiger partial charge in [-0.3, -0.25) is 4.79 Å². The number of primary amides is 1. The molecule has 0 spiro atoms. The molecule has 1 atom stereocenters. The Morgan fingerprint density at radius 3 is 2.76 bits per heavy atom. The van der Waals surface area contributed by atoms with Gasteiger partial charge in [-0.05, 0) is 46.6 Å². The van der Waals surface area contributed by atoms with Gasteiger partial charge in [0.2, 0.25) is 5.91 Å². The Labute approximate surface area is 131 Å². The highest BCUT2D eigenvalue weighted by molar-refractivity contribution is 7.99. The fourth-order valence-corrected chi connectivity index (χ4v) is 3.02. The summed E-state index contributed by atoms with van der Waals surface area (Å²) in [7, 11) is 0. The van der Waals surface area contributed by atoms with Crippen LogP contribution in [0, 0.1) is 6.92 Å². The van der Waals surface area contributed by atoms with Gasteiger partial charge in [0.25, 0.3) is 0 Å². The highest BCUT2D eigenvalue weighted by atomic mass is 32.2. The highest BCUT2D eigenvalue weighted by Gasteiger charge is 2.30. The Morgan fingerprint density at radius 1 is 1.48 bits per heavy atom. The van der Waals surface area contributed by atoms with E-state index in [4.69, 9.17) is 5.73 Å². The average molecular weight is 310 g/mol. The smallest absolute Gasteiger partial charge is 0.237 e. The summed E-state index contributed by atoms with van der Waals surface area (Å²) in [4.78, 5) is 20.2. The molecule has 0 aliphatic rings. The van der Waals surface area contributed by atoms with Crippen LogP contribution in [0.4, 0.5) is 0 Å². The fraction of sp³-hybridized carbons (Fsp3) is 0.667. The van der Waals surface area contributed by atoms with Crippen LogP contribution in [0.1, 0.15) is 45.7 Å². The molecular weight excluding hydrogens is 284 g/mol. The van der Waals surface area contributed by atoms with Gasteiger partial charge < -0.3 is 11.1 Å². The molecule has 118 valence electrons. The molecular formula is C15H26N4OS. The van der Waals surface area contributed by atoms with E-state index in [-0.39, 0.29) is 11.9 Å². The lowest BCUT2D eigenvalue weighted by Crippen LogP contribution is -2.55. The monoisotopic (exact) mass is 310 g/mol. The van der Waals surface area contributed by atoms with Crippen LogP contribution in [-0.2, 0) is 4.79 Å². The molecule has 0 saturated carbocycles. The van der Waals surface area contributed by atoms with Crippen LogP contribution in [0.2, 0.25) is 0 Å². The number of hydrogen-bond acceptors (Lipinski definition) is 5. The quantitative estimate of drug-likeness (QED) is 0.415. The van der Waals surface area contributed by atoms with E-state index in [0.717, 1.165) is 35.9 Å². The minimum absolute atomic E-state index is 0.234. The van der Waals surface area contributed by atoms with Gasteiger partial charge in [0.05, 0.1) is 5.54 Å². The number of hydrogen-bond donors (Lipinski definition) is 2. The van der Waals surface area contributed by atoms with E-state index in [1.165, 1.54) is 0 Å². The van der Waals surface area contributed by atoms with Crippen molar-refractivity contribution in [1.82, 2.24) is 15.3 Å². The maximum Gasteiger partial charge on any atom is 0.237 e. The molecule has 1 aromatic heterocycles. The van der Waals surface area contributed by atoms with Crippen LogP contribution in [0.5, 0.6) is 0 Å². The number of amides is 1. The highest BCUT2D eigenvalue weighted by Crippen LogP contribution is 2.19. The van der Waals surface area contributed by atoms with E-state index >= 15 is 0 Å². The molecule has 0 saturated heterocycles. The molecule has 6 heteroatoms. The SMILES string of the molecule is Cc1ccnc(SCCCCC(C)(NC(C)C)C(N)=O)n1. The maximum atomic E-state index is 11.6. The maximum absolute atomic E-state index is 11.6. The molecule has 1 aromatic rings. The molecule has 21 heavy (non-hydrogen) atoms. The number of aromatic nitrogens is 2. The first-order chi connectivity index (χ1) is 9.83. The Morgan fingerprint density at radius 2 is 2.19 bits per heavy atom. The molecule has 0 aliphatic carbocycles. The summed E-state index contributed by atoms with van der Waals surface area (Å²) in [6.07, 6.45) is 4.47. The third-order valence-corrected chi connectivity index (χ3v) is 4.17. The van der Waals surface area contributed by atoms with Gasteiger partial charge in [0.15, 0.2) is 5.16 Å². The van der Waals surface area contributed by atoms with Gasteiger partial charge in [-0.25, -0.2) is 9.97 Å². The molecule has 1 heterocycles. The van der Waals surface area contributed by atoms with Crippen molar-refractivity contribution in [1.29, 1.82) is 0 Å². The van der Waals surface area contributed by atoms with Gasteiger partial charge in [-0.15, -0.1) is 0 Å². The number of rotatable bonds is 9. The summed E-state index contributed by atoms with van der Waals surface area (Å²) in [6, 6.07) is 2.12. The lowest BCUT2D eigenvalue weighted by atomic mass is 9.93. The van der Waals surface area contributed by atoms with Gasteiger partial charge in [0.1, 0.15) is 0 Å². The summed E-state index contributed by atoms with van der Waals surface area (Å²) >= 11 is 1.65. The predicted molar refractivity (Wildman–Crippen MR) is 87.2 cm³/mol. The minimum atomic E-state index is -0.626. The summed E-state index contributed by atoms with van der Waals surface area (Å²) in [5.74, 6) is 0.658. The van der Waals surface area contributed by atoms with Crippen LogP contribution in [-0.4, -0.2) is 33.2 Å². The molecule has 0 fully saturated rings. The second-order valence-electron chi connectivity index (χ2n) is 5.78. The molecule has 1 unspecified atom stereocenters. The van der Waals surface area contributed by atoms with Crippen LogP contribution in [0.15, 0.2) is 17.4 Å². The number of nitrogens with one attached hydrogen (secondary N) is 1. The molecule has 0 aromatic carbocycles. The third-order valence-electron chi connectivity index (χ3n) is 3.23. The van der Waals surface area contributed by atoms with Crippen molar-refractivity contribution in [2.75, 3.05) is 5.75 Å². The summed E-state index contributed by atoms with van der Waals surface area (Å²) in [5, 5.41) is 4.08. The second kappa shape index (κ2) is 8.34. The van der Waals surface area contributed by atoms with E-state index in [1.807, 2.05) is 33.8 Å². The van der Waals surface area contributed by atoms with Gasteiger partial charge in [-0.1, -0.05) is 18.2 Å². The van der Waals surface area contributed by atoms with Crippen molar-refractivity contribution in [3.8, 4) is 0 Å². The fourth-order valence-electron chi connectivity index (χ4n) is 2.14. The van der Waals surface area contributed by atoms with Crippen molar-refractivity contribution < 1.29 is 4.79 Å². The zero-order chi connectivity index (χ0) is 15.9. The lowest BCUT2D eigenvalue weighted by Gasteiger charge is -2.29. The molecule has 5 nitrogen and oxygen atoms in total. The van der Waals surface area contributed by atoms with Crippen molar-refractivity contribution in [2.45, 2.75) is 63.7 Å². The Hall–Kier alpha value is -1.14. The predicted octanol–water partition coefficient (Wildman–Crippen LogP) is 2.29. The number of carbonyl (C=O) groups is 1. The van der Waals surface area contributed by atoms with E-state index in [9.17, 15) is 4.79 Å². The molecule has 3 N–H and O–H groups in total. The first kappa shape index (κ1) is 17.9. The minimum Gasteiger partial charge on any atom is -0.368 e. The normalized spacial score (nSPS) is 14.1. The van der Waals surface area contributed by atoms with Crippen LogP contribution >= 0.6 is 11.8 Å². The largest absolute Gasteiger partial charge is 0.368 e. The van der Waals surface area contributed by atoms with Gasteiger partial charge in [-0.2, -0.15) is 0 Å². The zero-order valence-electron chi connectivity index (χ0n) is 13.3. The molecule has 1 rings (SSSR count). The van der Waals surface area contributed by atoms with E-state index in [1.54, 1.807) is 18.0 Å². The summed E-state index contributed by atoms with van der Waals surface area (Å²) < 4.78 is 0. The number of carbonyl (C=O) groups excluding carboxylic acids is 1. The van der Waals surface area contributed by atoms with Crippen molar-refractivity contribution in [2.24, 2.45) is 5.73 Å². The number of thioether (sulfide) groups is 1. The number of nitrogens with zero attached hydrogens (tertiary/aromatic N) is 2. The Kier molecular flexibility index (Phi) is 7.11. The van der Waals surface area contributed by atoms with Crippen LogP contribution in [0.3, 0.4) is 0 Å². The first-order valence-electron chi connectivity index (χ1n) is 7.33. The van der Waals surface area contributed by atoms with E-state index < -0.39 is 5.54 Å². The number of unbranched alkanes of at least 4 members (excludes halogenated alkanes) is 1. The number of nitrogens with two attached hydrogens (primary N) is 1. The van der Waals surface area contributed by atoms with Crippen LogP contribution in [0.25, 0.3) is 0 Å². The molecule has 1 amide bonds. The Balaban J connectivity index is 2.33. The molecule has 0 aliphatic heterocycles. The Bertz CT molecular complexity index is 467. The lowest BCUT2D eigenvalue weighted by molar-refractivity contribution is -0.124. The standard InChI is InChI=1S/C15H26N4OS/c1-11(2)19-15(4,13(16)20)8-5-6-10-21-14-17-9-7-12(3)18-14/h7,9,11,19H,5-6,8,10H2,1-4H3,(H2,16,20). The average Bonchev–Trinajstić information content (AvgIpc) is 2.37. The van der Waals surface area contributed by atoms with Crippen molar-refractivity contribution in [3.05, 3.63) is 18.0 Å². The van der Waals surface area contributed by atoms with Crippen molar-refractivity contribution >= 4 is 17.7 Å². The van der Waals surface area contributed by atoms with Gasteiger partial charge >= 0.3 is 0 Å². The second-order valence-corrected chi connectivity index (χ2v) is 6.84. The summed E-state index contributed by atoms with van der Waals surface area (Å²) in [5.41, 5.74) is 5.87. The molecule has 0 radical (unpaired) electrons.